The monoisotopic (exact) mass is 881 g/mol. The largest absolute Gasteiger partial charge is 0.462 e. The second kappa shape index (κ2) is 24.0. The lowest BCUT2D eigenvalue weighted by molar-refractivity contribution is -0.304. The number of ether oxygens (including phenoxy) is 7. The third kappa shape index (κ3) is 13.7. The van der Waals surface area contributed by atoms with Crippen LogP contribution in [-0.4, -0.2) is 167 Å². The topological polar surface area (TPSA) is 214 Å². The highest BCUT2D eigenvalue weighted by atomic mass is 16.7. The predicted molar refractivity (Wildman–Crippen MR) is 228 cm³/mol. The Morgan fingerprint density at radius 1 is 0.919 bits per heavy atom. The van der Waals surface area contributed by atoms with Crippen LogP contribution >= 0.6 is 0 Å². The third-order valence-corrected chi connectivity index (χ3v) is 12.6. The van der Waals surface area contributed by atoms with Crippen LogP contribution in [0.25, 0.3) is 0 Å². The predicted octanol–water partition coefficient (Wildman–Crippen LogP) is 2.85. The second-order valence-electron chi connectivity index (χ2n) is 18.3. The summed E-state index contributed by atoms with van der Waals surface area (Å²) < 4.78 is 44.2. The minimum Gasteiger partial charge on any atom is -0.462 e. The maximum absolute atomic E-state index is 13.9. The van der Waals surface area contributed by atoms with Gasteiger partial charge in [-0.2, -0.15) is 0 Å². The van der Waals surface area contributed by atoms with Crippen LogP contribution in [0.1, 0.15) is 86.8 Å². The summed E-state index contributed by atoms with van der Waals surface area (Å²) in [6, 6.07) is -0.718. The van der Waals surface area contributed by atoms with E-state index < -0.39 is 109 Å². The average Bonchev–Trinajstić information content (AvgIpc) is 3.66. The Kier molecular flexibility index (Phi) is 20.1. The smallest absolute Gasteiger partial charge is 0.308 e. The summed E-state index contributed by atoms with van der Waals surface area (Å²) >= 11 is 0. The molecule has 3 aliphatic heterocycles. The Morgan fingerprint density at radius 2 is 1.58 bits per heavy atom. The molecule has 1 aromatic heterocycles. The molecule has 4 rings (SSSR count). The molecular weight excluding hydrogens is 805 g/mol. The average molecular weight is 881 g/mol. The Bertz CT molecular complexity index is 1610. The minimum absolute atomic E-state index is 0.0250. The van der Waals surface area contributed by atoms with Crippen LogP contribution in [0.4, 0.5) is 0 Å². The molecular formula is C45H76N4O13. The molecule has 0 saturated carbocycles. The number of hydrogen-bond donors (Lipinski definition) is 4. The lowest BCUT2D eigenvalue weighted by Crippen LogP contribution is -2.63. The van der Waals surface area contributed by atoms with Gasteiger partial charge in [0.15, 0.2) is 18.4 Å². The zero-order valence-corrected chi connectivity index (χ0v) is 38.9. The number of aliphatic hydroxyl groups excluding tert-OH is 4. The van der Waals surface area contributed by atoms with Crippen molar-refractivity contribution in [3.63, 3.8) is 0 Å². The highest BCUT2D eigenvalue weighted by Crippen LogP contribution is 2.35. The fourth-order valence-electron chi connectivity index (χ4n) is 8.94. The summed E-state index contributed by atoms with van der Waals surface area (Å²) in [6.45, 7) is 15.5. The van der Waals surface area contributed by atoms with Crippen molar-refractivity contribution in [1.29, 1.82) is 0 Å². The van der Waals surface area contributed by atoms with Crippen LogP contribution in [0, 0.1) is 29.6 Å². The fourth-order valence-corrected chi connectivity index (χ4v) is 8.94. The molecule has 4 N–H and O–H groups in total. The summed E-state index contributed by atoms with van der Waals surface area (Å²) in [5.41, 5.74) is 1.60. The van der Waals surface area contributed by atoms with Crippen LogP contribution in [0.3, 0.4) is 0 Å². The molecule has 0 spiro atoms. The number of carbonyl (C=O) groups excluding carboxylic acids is 2. The molecule has 354 valence electrons. The quantitative estimate of drug-likeness (QED) is 0.198. The van der Waals surface area contributed by atoms with Gasteiger partial charge in [-0.15, -0.1) is 5.10 Å². The number of ketones is 1. The van der Waals surface area contributed by atoms with Crippen molar-refractivity contribution < 1.29 is 63.2 Å². The molecule has 17 nitrogen and oxygen atoms in total. The second-order valence-corrected chi connectivity index (χ2v) is 18.3. The van der Waals surface area contributed by atoms with Crippen molar-refractivity contribution in [2.75, 3.05) is 34.9 Å². The number of esters is 1. The van der Waals surface area contributed by atoms with Crippen molar-refractivity contribution in [3.05, 3.63) is 35.7 Å². The molecule has 4 unspecified atom stereocenters. The number of carbonyl (C=O) groups is 2. The maximum Gasteiger partial charge on any atom is 0.308 e. The van der Waals surface area contributed by atoms with Gasteiger partial charge in [0.05, 0.1) is 55.3 Å². The van der Waals surface area contributed by atoms with Crippen molar-refractivity contribution in [3.8, 4) is 0 Å². The molecule has 0 amide bonds. The number of likely N-dealkylation sites (N-methyl/N-ethyl adjacent to an activating group) is 1. The number of aliphatic hydroxyl groups is 4. The first kappa shape index (κ1) is 51.9. The Labute approximate surface area is 368 Å². The van der Waals surface area contributed by atoms with E-state index in [9.17, 15) is 30.0 Å². The third-order valence-electron chi connectivity index (χ3n) is 12.6. The first-order chi connectivity index (χ1) is 29.3. The Morgan fingerprint density at radius 3 is 2.21 bits per heavy atom. The van der Waals surface area contributed by atoms with Crippen LogP contribution < -0.4 is 0 Å². The van der Waals surface area contributed by atoms with Gasteiger partial charge in [0.25, 0.3) is 0 Å². The number of aromatic nitrogens is 3. The molecule has 1 aromatic rings. The van der Waals surface area contributed by atoms with E-state index >= 15 is 0 Å². The van der Waals surface area contributed by atoms with Crippen molar-refractivity contribution >= 4 is 11.8 Å². The lowest BCUT2D eigenvalue weighted by Gasteiger charge is -2.46. The van der Waals surface area contributed by atoms with E-state index in [1.807, 2.05) is 33.0 Å². The van der Waals surface area contributed by atoms with Crippen molar-refractivity contribution in [2.24, 2.45) is 29.6 Å². The number of aryl methyl sites for hydroxylation is 1. The molecule has 17 atom stereocenters. The van der Waals surface area contributed by atoms with Gasteiger partial charge in [-0.3, -0.25) is 14.3 Å². The summed E-state index contributed by atoms with van der Waals surface area (Å²) in [7, 11) is 6.47. The molecule has 4 heterocycles. The van der Waals surface area contributed by atoms with E-state index in [2.05, 4.69) is 24.2 Å². The lowest BCUT2D eigenvalue weighted by atomic mass is 9.79. The SMILES string of the molecule is CC[C@H]1OC(=O)C[C@@H](O)[C@H](C)[C@@H](O[C@@H]2O[C@H](C)[C@@H](O)C(N(C)C)C2O)[C@@H](CCn2cc(CC(C)C)nn2)C[C@@H](C)C(=O)/C=C/C(C)=C/[C@@H]1CO[C@@H]1OC(C)[C@@H](O)[C@H](OC)C1OC. The van der Waals surface area contributed by atoms with Gasteiger partial charge in [0.1, 0.15) is 30.5 Å². The molecule has 17 heteroatoms. The maximum atomic E-state index is 13.9. The number of cyclic esters (lactones) is 1. The first-order valence-corrected chi connectivity index (χ1v) is 22.3. The van der Waals surface area contributed by atoms with E-state index in [1.54, 1.807) is 56.6 Å². The van der Waals surface area contributed by atoms with E-state index in [0.29, 0.717) is 31.7 Å². The number of nitrogens with zero attached hydrogens (tertiary/aromatic N) is 4. The summed E-state index contributed by atoms with van der Waals surface area (Å²) in [6.07, 6.45) is -2.26. The zero-order chi connectivity index (χ0) is 46.0. The van der Waals surface area contributed by atoms with Gasteiger partial charge in [-0.25, -0.2) is 0 Å². The van der Waals surface area contributed by atoms with E-state index in [4.69, 9.17) is 33.2 Å². The molecule has 0 bridgehead atoms. The number of methoxy groups -OCH3 is 2. The molecule has 2 saturated heterocycles. The van der Waals surface area contributed by atoms with Gasteiger partial charge < -0.3 is 58.5 Å². The van der Waals surface area contributed by atoms with E-state index in [1.165, 1.54) is 14.2 Å². The minimum atomic E-state index is -1.27. The van der Waals surface area contributed by atoms with Gasteiger partial charge in [-0.1, -0.05) is 57.6 Å². The standard InChI is InChI=1S/C45H76N4O13/c1-13-35-31(23-58-45-43(57-12)42(56-11)39(54)29(8)60-45)19-25(4)14-15-33(50)26(5)20-30(16-17-49-22-32(46-47-49)18-24(2)3)41(27(6)34(51)21-36(52)61-35)62-44-40(55)37(48(9)10)38(53)28(7)59-44/h14-15,19,22,24,26-31,34-35,37-45,51,53-55H,13,16-18,20-21,23H2,1-12H3/b15-14+,25-19+/t26-,27+,28-,29?,30+,31-,34-,35-,37?,38-,39-,40?,41-,42+,43?,44+,45-/m1/s1. The van der Waals surface area contributed by atoms with Crippen LogP contribution in [0.2, 0.25) is 0 Å². The normalized spacial score (nSPS) is 39.7. The van der Waals surface area contributed by atoms with Gasteiger partial charge in [0, 0.05) is 44.7 Å². The number of hydrogen-bond acceptors (Lipinski definition) is 16. The Hall–Kier alpha value is -2.68. The van der Waals surface area contributed by atoms with Gasteiger partial charge in [-0.05, 0) is 78.5 Å². The van der Waals surface area contributed by atoms with Crippen LogP contribution in [-0.2, 0) is 55.7 Å². The fraction of sp³-hybridized carbons (Fsp3) is 0.822. The molecule has 62 heavy (non-hydrogen) atoms. The molecule has 0 aromatic carbocycles. The van der Waals surface area contributed by atoms with E-state index in [0.717, 1.165) is 17.7 Å². The van der Waals surface area contributed by atoms with Crippen molar-refractivity contribution in [1.82, 2.24) is 19.9 Å². The zero-order valence-electron chi connectivity index (χ0n) is 38.9. The van der Waals surface area contributed by atoms with Crippen LogP contribution in [0.15, 0.2) is 30.0 Å². The summed E-state index contributed by atoms with van der Waals surface area (Å²) in [4.78, 5) is 29.5. The number of allylic oxidation sites excluding steroid dienone is 3. The van der Waals surface area contributed by atoms with Gasteiger partial charge in [0.2, 0.25) is 0 Å². The Balaban J connectivity index is 1.70. The molecule has 3 aliphatic rings. The molecule has 0 radical (unpaired) electrons. The molecule has 0 aliphatic carbocycles. The number of rotatable bonds is 14. The summed E-state index contributed by atoms with van der Waals surface area (Å²) in [5, 5.41) is 53.9. The highest BCUT2D eigenvalue weighted by Gasteiger charge is 2.48. The molecule has 2 fully saturated rings. The first-order valence-electron chi connectivity index (χ1n) is 22.3. The highest BCUT2D eigenvalue weighted by molar-refractivity contribution is 5.91. The van der Waals surface area contributed by atoms with Crippen molar-refractivity contribution in [2.45, 2.75) is 174 Å². The van der Waals surface area contributed by atoms with E-state index in [-0.39, 0.29) is 18.8 Å². The van der Waals surface area contributed by atoms with Crippen LogP contribution in [0.5, 0.6) is 0 Å². The summed E-state index contributed by atoms with van der Waals surface area (Å²) in [5.74, 6) is -2.52. The van der Waals surface area contributed by atoms with Gasteiger partial charge >= 0.3 is 5.97 Å².